The fourth-order valence-electron chi connectivity index (χ4n) is 3.51. The Morgan fingerprint density at radius 1 is 1.24 bits per heavy atom. The van der Waals surface area contributed by atoms with Crippen molar-refractivity contribution in [3.05, 3.63) is 28.2 Å². The van der Waals surface area contributed by atoms with Crippen molar-refractivity contribution >= 4 is 27.5 Å². The van der Waals surface area contributed by atoms with E-state index in [2.05, 4.69) is 15.9 Å². The molecule has 1 saturated carbocycles. The first kappa shape index (κ1) is 15.6. The normalized spacial score (nSPS) is 24.4. The highest BCUT2D eigenvalue weighted by molar-refractivity contribution is 9.10. The van der Waals surface area contributed by atoms with Gasteiger partial charge in [-0.25, -0.2) is 0 Å². The standard InChI is InChI=1S/C17H22BrClO2/c18-16-5-4-14(10-13(16)11-19)20-12-15-6-9-17(21-15)7-2-1-3-8-17/h4-5,10,15H,1-3,6-9,11-12H2. The van der Waals surface area contributed by atoms with Crippen molar-refractivity contribution in [2.45, 2.75) is 62.5 Å². The Labute approximate surface area is 140 Å². The van der Waals surface area contributed by atoms with Crippen LogP contribution in [0.3, 0.4) is 0 Å². The molecule has 4 heteroatoms. The van der Waals surface area contributed by atoms with Crippen molar-refractivity contribution in [3.63, 3.8) is 0 Å². The summed E-state index contributed by atoms with van der Waals surface area (Å²) in [6.45, 7) is 0.644. The van der Waals surface area contributed by atoms with Crippen LogP contribution < -0.4 is 4.74 Å². The minimum atomic E-state index is 0.174. The molecule has 1 aliphatic heterocycles. The lowest BCUT2D eigenvalue weighted by Crippen LogP contribution is -2.32. The number of halogens is 2. The summed E-state index contributed by atoms with van der Waals surface area (Å²) in [4.78, 5) is 0. The van der Waals surface area contributed by atoms with E-state index in [1.165, 1.54) is 38.5 Å². The second-order valence-corrected chi connectivity index (χ2v) is 7.34. The monoisotopic (exact) mass is 372 g/mol. The molecular weight excluding hydrogens is 352 g/mol. The SMILES string of the molecule is ClCc1cc(OCC2CCC3(CCCCC3)O2)ccc1Br. The van der Waals surface area contributed by atoms with Crippen LogP contribution in [0.2, 0.25) is 0 Å². The van der Waals surface area contributed by atoms with Gasteiger partial charge in [0, 0.05) is 10.4 Å². The molecule has 1 spiro atoms. The summed E-state index contributed by atoms with van der Waals surface area (Å²) in [6, 6.07) is 5.97. The average molecular weight is 374 g/mol. The van der Waals surface area contributed by atoms with Crippen LogP contribution in [0.5, 0.6) is 5.75 Å². The topological polar surface area (TPSA) is 18.5 Å². The van der Waals surface area contributed by atoms with Crippen LogP contribution in [-0.4, -0.2) is 18.3 Å². The molecule has 21 heavy (non-hydrogen) atoms. The molecule has 0 amide bonds. The highest BCUT2D eigenvalue weighted by Gasteiger charge is 2.40. The minimum absolute atomic E-state index is 0.174. The predicted octanol–water partition coefficient (Wildman–Crippen LogP) is 5.45. The third-order valence-electron chi connectivity index (χ3n) is 4.70. The van der Waals surface area contributed by atoms with Crippen molar-refractivity contribution in [1.29, 1.82) is 0 Å². The summed E-state index contributed by atoms with van der Waals surface area (Å²) >= 11 is 9.41. The zero-order valence-electron chi connectivity index (χ0n) is 12.2. The fourth-order valence-corrected chi connectivity index (χ4v) is 4.28. The molecule has 116 valence electrons. The average Bonchev–Trinajstić information content (AvgIpc) is 2.90. The maximum absolute atomic E-state index is 6.33. The zero-order valence-corrected chi connectivity index (χ0v) is 14.6. The van der Waals surface area contributed by atoms with Gasteiger partial charge in [0.25, 0.3) is 0 Å². The van der Waals surface area contributed by atoms with Gasteiger partial charge in [-0.1, -0.05) is 35.2 Å². The van der Waals surface area contributed by atoms with Crippen molar-refractivity contribution in [1.82, 2.24) is 0 Å². The molecule has 2 aliphatic rings. The molecule has 1 heterocycles. The van der Waals surface area contributed by atoms with Gasteiger partial charge in [0.05, 0.1) is 11.7 Å². The fraction of sp³-hybridized carbons (Fsp3) is 0.647. The smallest absolute Gasteiger partial charge is 0.119 e. The maximum atomic E-state index is 6.33. The first-order valence-corrected chi connectivity index (χ1v) is 9.19. The lowest BCUT2D eigenvalue weighted by molar-refractivity contribution is -0.0748. The Balaban J connectivity index is 1.54. The number of hydrogen-bond donors (Lipinski definition) is 0. The van der Waals surface area contributed by atoms with E-state index < -0.39 is 0 Å². The summed E-state index contributed by atoms with van der Waals surface area (Å²) in [6.07, 6.45) is 9.04. The number of hydrogen-bond acceptors (Lipinski definition) is 2. The molecule has 0 N–H and O–H groups in total. The third-order valence-corrected chi connectivity index (χ3v) is 5.76. The predicted molar refractivity (Wildman–Crippen MR) is 89.1 cm³/mol. The number of rotatable bonds is 4. The van der Waals surface area contributed by atoms with Crippen molar-refractivity contribution in [3.8, 4) is 5.75 Å². The van der Waals surface area contributed by atoms with Gasteiger partial charge in [0.2, 0.25) is 0 Å². The Hall–Kier alpha value is -0.250. The molecule has 2 fully saturated rings. The van der Waals surface area contributed by atoms with Gasteiger partial charge < -0.3 is 9.47 Å². The summed E-state index contributed by atoms with van der Waals surface area (Å²) < 4.78 is 13.3. The lowest BCUT2D eigenvalue weighted by atomic mass is 9.83. The zero-order chi connectivity index (χ0) is 14.7. The molecule has 0 bridgehead atoms. The summed E-state index contributed by atoms with van der Waals surface area (Å²) in [5.74, 6) is 1.36. The van der Waals surface area contributed by atoms with E-state index in [4.69, 9.17) is 21.1 Å². The van der Waals surface area contributed by atoms with Crippen molar-refractivity contribution < 1.29 is 9.47 Å². The summed E-state index contributed by atoms with van der Waals surface area (Å²) in [5, 5.41) is 0. The number of ether oxygens (including phenoxy) is 2. The van der Waals surface area contributed by atoms with Crippen LogP contribution in [0, 0.1) is 0 Å². The van der Waals surface area contributed by atoms with Crippen LogP contribution in [0.15, 0.2) is 22.7 Å². The maximum Gasteiger partial charge on any atom is 0.119 e. The van der Waals surface area contributed by atoms with E-state index in [0.717, 1.165) is 22.2 Å². The number of alkyl halides is 1. The molecular formula is C17H22BrClO2. The third kappa shape index (κ3) is 3.75. The quantitative estimate of drug-likeness (QED) is 0.653. The van der Waals surface area contributed by atoms with Gasteiger partial charge in [0.15, 0.2) is 0 Å². The van der Waals surface area contributed by atoms with E-state index in [0.29, 0.717) is 12.5 Å². The van der Waals surface area contributed by atoms with Crippen LogP contribution in [0.25, 0.3) is 0 Å². The molecule has 1 aliphatic carbocycles. The molecule has 1 aromatic carbocycles. The number of benzene rings is 1. The van der Waals surface area contributed by atoms with Gasteiger partial charge in [0.1, 0.15) is 12.4 Å². The highest BCUT2D eigenvalue weighted by atomic mass is 79.9. The summed E-state index contributed by atoms with van der Waals surface area (Å²) in [5.41, 5.74) is 1.23. The van der Waals surface area contributed by atoms with Gasteiger partial charge in [-0.2, -0.15) is 0 Å². The molecule has 2 nitrogen and oxygen atoms in total. The second-order valence-electron chi connectivity index (χ2n) is 6.22. The largest absolute Gasteiger partial charge is 0.491 e. The molecule has 3 rings (SSSR count). The Morgan fingerprint density at radius 3 is 2.81 bits per heavy atom. The molecule has 0 aromatic heterocycles. The highest BCUT2D eigenvalue weighted by Crippen LogP contribution is 2.42. The molecule has 1 saturated heterocycles. The van der Waals surface area contributed by atoms with E-state index in [1.54, 1.807) is 0 Å². The Bertz CT molecular complexity index is 486. The van der Waals surface area contributed by atoms with Crippen LogP contribution in [-0.2, 0) is 10.6 Å². The Morgan fingerprint density at radius 2 is 2.05 bits per heavy atom. The molecule has 1 aromatic rings. The minimum Gasteiger partial charge on any atom is -0.491 e. The summed E-state index contributed by atoms with van der Waals surface area (Å²) in [7, 11) is 0. The van der Waals surface area contributed by atoms with Gasteiger partial charge in [-0.15, -0.1) is 11.6 Å². The van der Waals surface area contributed by atoms with Gasteiger partial charge >= 0.3 is 0 Å². The molecule has 1 unspecified atom stereocenters. The lowest BCUT2D eigenvalue weighted by Gasteiger charge is -2.33. The van der Waals surface area contributed by atoms with Crippen LogP contribution in [0.4, 0.5) is 0 Å². The first-order valence-electron chi connectivity index (χ1n) is 7.86. The molecule has 1 atom stereocenters. The van der Waals surface area contributed by atoms with Gasteiger partial charge in [-0.3, -0.25) is 0 Å². The van der Waals surface area contributed by atoms with Crippen molar-refractivity contribution in [2.75, 3.05) is 6.61 Å². The van der Waals surface area contributed by atoms with Crippen LogP contribution in [0.1, 0.15) is 50.5 Å². The van der Waals surface area contributed by atoms with Crippen LogP contribution >= 0.6 is 27.5 Å². The first-order chi connectivity index (χ1) is 10.2. The second kappa shape index (κ2) is 6.89. The van der Waals surface area contributed by atoms with E-state index in [-0.39, 0.29) is 11.7 Å². The Kier molecular flexibility index (Phi) is 5.13. The van der Waals surface area contributed by atoms with Gasteiger partial charge in [-0.05, 0) is 49.4 Å². The molecule has 0 radical (unpaired) electrons. The van der Waals surface area contributed by atoms with Crippen molar-refractivity contribution in [2.24, 2.45) is 0 Å². The van der Waals surface area contributed by atoms with E-state index in [1.807, 2.05) is 18.2 Å². The van der Waals surface area contributed by atoms with E-state index >= 15 is 0 Å². The van der Waals surface area contributed by atoms with E-state index in [9.17, 15) is 0 Å².